The van der Waals surface area contributed by atoms with Crippen molar-refractivity contribution in [1.29, 1.82) is 0 Å². The number of ketones is 1. The van der Waals surface area contributed by atoms with Crippen LogP contribution in [0.1, 0.15) is 22.8 Å². The number of rotatable bonds is 7. The lowest BCUT2D eigenvalue weighted by Crippen LogP contribution is -2.80. The van der Waals surface area contributed by atoms with Crippen molar-refractivity contribution in [3.8, 4) is 0 Å². The van der Waals surface area contributed by atoms with Crippen LogP contribution in [0.4, 0.5) is 0 Å². The maximum Gasteiger partial charge on any atom is 0.338 e. The molecule has 5 rings (SSSR count). The molecule has 188 valence electrons. The smallest absolute Gasteiger partial charge is 0.338 e. The highest BCUT2D eigenvalue weighted by Gasteiger charge is 2.64. The predicted octanol–water partition coefficient (Wildman–Crippen LogP) is 1.91. The van der Waals surface area contributed by atoms with E-state index in [-0.39, 0.29) is 6.42 Å². The Hall–Kier alpha value is -3.95. The van der Waals surface area contributed by atoms with Crippen molar-refractivity contribution in [2.45, 2.75) is 30.0 Å². The monoisotopic (exact) mass is 516 g/mol. The van der Waals surface area contributed by atoms with Crippen molar-refractivity contribution < 1.29 is 28.5 Å². The van der Waals surface area contributed by atoms with Crippen molar-refractivity contribution in [3.63, 3.8) is 0 Å². The van der Waals surface area contributed by atoms with Gasteiger partial charge in [0.2, 0.25) is 17.1 Å². The van der Waals surface area contributed by atoms with Crippen LogP contribution in [0, 0.1) is 0 Å². The zero-order valence-electron chi connectivity index (χ0n) is 19.7. The first-order chi connectivity index (χ1) is 17.9. The highest BCUT2D eigenvalue weighted by Crippen LogP contribution is 2.35. The molecule has 0 spiro atoms. The van der Waals surface area contributed by atoms with Crippen LogP contribution in [-0.4, -0.2) is 56.2 Å². The fourth-order valence-corrected chi connectivity index (χ4v) is 6.22. The molecule has 2 aliphatic heterocycles. The highest BCUT2D eigenvalue weighted by molar-refractivity contribution is 7.93. The van der Waals surface area contributed by atoms with Crippen molar-refractivity contribution in [3.05, 3.63) is 108 Å². The van der Waals surface area contributed by atoms with E-state index in [1.165, 1.54) is 0 Å². The number of hydrogen-bond acceptors (Lipinski definition) is 6. The zero-order valence-corrected chi connectivity index (χ0v) is 20.5. The molecule has 3 aromatic carbocycles. The van der Waals surface area contributed by atoms with Crippen LogP contribution in [-0.2, 0) is 41.5 Å². The number of Topliss-reactive ketones (excluding diaryl/α,β-unsaturated/α-hetero) is 1. The molecule has 8 nitrogen and oxygen atoms in total. The molecule has 0 aliphatic carbocycles. The number of β-lactam (4-membered cyclic amide) rings is 1. The van der Waals surface area contributed by atoms with E-state index in [4.69, 9.17) is 4.74 Å². The molecular formula is C28H24N2O6S. The lowest BCUT2D eigenvalue weighted by atomic mass is 9.99. The Balaban J connectivity index is 1.33. The lowest BCUT2D eigenvalue weighted by Gasteiger charge is -2.50. The third kappa shape index (κ3) is 5.00. The summed E-state index contributed by atoms with van der Waals surface area (Å²) in [5.41, 5.74) is 2.16. The molecular weight excluding hydrogens is 492 g/mol. The van der Waals surface area contributed by atoms with E-state index < -0.39 is 64.1 Å². The first-order valence-electron chi connectivity index (χ1n) is 11.8. The topological polar surface area (TPSA) is 116 Å². The van der Waals surface area contributed by atoms with Crippen LogP contribution in [0.15, 0.2) is 91.0 Å². The third-order valence-corrected chi connectivity index (χ3v) is 8.01. The first-order valence-corrected chi connectivity index (χ1v) is 13.2. The second-order valence-electron chi connectivity index (χ2n) is 8.88. The van der Waals surface area contributed by atoms with E-state index in [1.54, 1.807) is 48.5 Å². The van der Waals surface area contributed by atoms with E-state index in [0.29, 0.717) is 11.1 Å². The summed E-state index contributed by atoms with van der Waals surface area (Å²) in [6, 6.07) is 24.5. The van der Waals surface area contributed by atoms with Crippen LogP contribution < -0.4 is 5.32 Å². The average molecular weight is 517 g/mol. The number of benzene rings is 3. The number of hydrogen-bond donors (Lipinski definition) is 1. The number of nitrogens with zero attached hydrogens (tertiary/aromatic N) is 1. The van der Waals surface area contributed by atoms with E-state index in [9.17, 15) is 23.7 Å². The van der Waals surface area contributed by atoms with Gasteiger partial charge in [0.15, 0.2) is 23.9 Å². The number of carbonyl (C=O) groups is 4. The van der Waals surface area contributed by atoms with Crippen LogP contribution in [0.25, 0.3) is 0 Å². The molecule has 2 unspecified atom stereocenters. The minimum Gasteiger partial charge on any atom is -0.614 e. The van der Waals surface area contributed by atoms with Crippen molar-refractivity contribution in [1.82, 2.24) is 10.2 Å². The lowest BCUT2D eigenvalue weighted by molar-refractivity contribution is -0.170. The van der Waals surface area contributed by atoms with Gasteiger partial charge in [-0.15, -0.1) is 0 Å². The Kier molecular flexibility index (Phi) is 7.07. The van der Waals surface area contributed by atoms with Gasteiger partial charge in [0.05, 0.1) is 6.42 Å². The summed E-state index contributed by atoms with van der Waals surface area (Å²) in [7, 11) is 0. The van der Waals surface area contributed by atoms with Crippen LogP contribution in [0.3, 0.4) is 0 Å². The third-order valence-electron chi connectivity index (χ3n) is 6.40. The fourth-order valence-electron chi connectivity index (χ4n) is 4.65. The number of amides is 2. The van der Waals surface area contributed by atoms with Crippen LogP contribution >= 0.6 is 0 Å². The van der Waals surface area contributed by atoms with Gasteiger partial charge < -0.3 is 14.6 Å². The van der Waals surface area contributed by atoms with E-state index >= 15 is 0 Å². The maximum atomic E-state index is 13.4. The molecule has 0 aromatic heterocycles. The predicted molar refractivity (Wildman–Crippen MR) is 135 cm³/mol. The van der Waals surface area contributed by atoms with Gasteiger partial charge in [-0.3, -0.25) is 19.3 Å². The summed E-state index contributed by atoms with van der Waals surface area (Å²) in [6.07, 6.45) is -0.754. The van der Waals surface area contributed by atoms with Gasteiger partial charge in [-0.05, 0) is 27.9 Å². The molecule has 9 heteroatoms. The van der Waals surface area contributed by atoms with Gasteiger partial charge in [0.1, 0.15) is 0 Å². The molecule has 4 atom stereocenters. The number of esters is 1. The molecule has 3 aromatic rings. The molecule has 2 saturated heterocycles. The van der Waals surface area contributed by atoms with E-state index in [1.807, 2.05) is 42.5 Å². The fraction of sp³-hybridized carbons (Fsp3) is 0.214. The molecule has 37 heavy (non-hydrogen) atoms. The molecule has 0 radical (unpaired) electrons. The molecule has 2 heterocycles. The van der Waals surface area contributed by atoms with E-state index in [0.717, 1.165) is 10.5 Å². The Morgan fingerprint density at radius 3 is 2.03 bits per heavy atom. The molecule has 1 N–H and O–H groups in total. The minimum absolute atomic E-state index is 0.0458. The Bertz CT molecular complexity index is 1260. The number of nitrogens with one attached hydrogen (secondary N) is 1. The molecule has 0 bridgehead atoms. The van der Waals surface area contributed by atoms with Crippen molar-refractivity contribution >= 4 is 34.7 Å². The average Bonchev–Trinajstić information content (AvgIpc) is 2.91. The molecule has 2 fully saturated rings. The first kappa shape index (κ1) is 24.7. The Labute approximate surface area is 216 Å². The van der Waals surface area contributed by atoms with Gasteiger partial charge in [0.25, 0.3) is 5.91 Å². The molecule has 0 saturated carbocycles. The number of fused-ring (bicyclic) bond motifs is 1. The normalized spacial score (nSPS) is 22.7. The number of ether oxygens (including phenoxy) is 1. The second kappa shape index (κ2) is 10.6. The largest absolute Gasteiger partial charge is 0.614 e. The standard InChI is InChI=1S/C28H24N2O6S/c31-21-17-37(35)27-23(29-22(32)16-18-10-4-1-5-11-18)26(33)30(27)24(21)28(34)36-25(19-12-6-2-7-13-19)20-14-8-3-9-15-20/h1-15,23-25,27H,16-17H2,(H,29,32)/t23-,24?,27+,37?/m1/s1. The van der Waals surface area contributed by atoms with Gasteiger partial charge in [0, 0.05) is 0 Å². The second-order valence-corrected chi connectivity index (χ2v) is 10.4. The summed E-state index contributed by atoms with van der Waals surface area (Å²) in [5.74, 6) is -2.99. The highest BCUT2D eigenvalue weighted by atomic mass is 32.2. The van der Waals surface area contributed by atoms with Gasteiger partial charge in [-0.1, -0.05) is 91.0 Å². The molecule has 2 amide bonds. The van der Waals surface area contributed by atoms with Gasteiger partial charge >= 0.3 is 5.97 Å². The molecule has 2 aliphatic rings. The van der Waals surface area contributed by atoms with Gasteiger partial charge in [-0.2, -0.15) is 0 Å². The van der Waals surface area contributed by atoms with Gasteiger partial charge in [-0.25, -0.2) is 4.79 Å². The SMILES string of the molecule is O=C(Cc1ccccc1)N[C@@H]1C(=O)N2C(C(=O)OC(c3ccccc3)c3ccccc3)C(=O)C[S+]([O-])[C@@H]12. The maximum absolute atomic E-state index is 13.4. The van der Waals surface area contributed by atoms with Crippen molar-refractivity contribution in [2.75, 3.05) is 5.75 Å². The quantitative estimate of drug-likeness (QED) is 0.222. The minimum atomic E-state index is -1.76. The Morgan fingerprint density at radius 1 is 0.919 bits per heavy atom. The van der Waals surface area contributed by atoms with E-state index in [2.05, 4.69) is 5.32 Å². The zero-order chi connectivity index (χ0) is 25.9. The van der Waals surface area contributed by atoms with Crippen LogP contribution in [0.5, 0.6) is 0 Å². The summed E-state index contributed by atoms with van der Waals surface area (Å²) >= 11 is -1.76. The Morgan fingerprint density at radius 2 is 1.46 bits per heavy atom. The summed E-state index contributed by atoms with van der Waals surface area (Å²) < 4.78 is 18.6. The summed E-state index contributed by atoms with van der Waals surface area (Å²) in [4.78, 5) is 52.8. The van der Waals surface area contributed by atoms with Crippen LogP contribution in [0.2, 0.25) is 0 Å². The summed E-state index contributed by atoms with van der Waals surface area (Å²) in [5, 5.41) is 1.65. The summed E-state index contributed by atoms with van der Waals surface area (Å²) in [6.45, 7) is 0. The van der Waals surface area contributed by atoms with Crippen molar-refractivity contribution in [2.24, 2.45) is 0 Å². The number of carbonyl (C=O) groups excluding carboxylic acids is 4.